The zero-order valence-electron chi connectivity index (χ0n) is 23.8. The summed E-state index contributed by atoms with van der Waals surface area (Å²) in [5, 5.41) is 8.96. The number of anilines is 2. The summed E-state index contributed by atoms with van der Waals surface area (Å²) in [4.78, 5) is 39.6. The molecule has 0 aliphatic rings. The summed E-state index contributed by atoms with van der Waals surface area (Å²) in [6.45, 7) is 1.85. The molecule has 3 N–H and O–H groups in total. The molecule has 0 fully saturated rings. The van der Waals surface area contributed by atoms with Crippen LogP contribution in [0.2, 0.25) is 5.02 Å². The van der Waals surface area contributed by atoms with Crippen LogP contribution in [0.25, 0.3) is 6.08 Å². The average molecular weight is 616 g/mol. The topological polar surface area (TPSA) is 106 Å². The van der Waals surface area contributed by atoms with Crippen molar-refractivity contribution in [1.82, 2.24) is 5.32 Å². The maximum atomic E-state index is 13.3. The van der Waals surface area contributed by atoms with E-state index in [4.69, 9.17) is 21.1 Å². The third-order valence-corrected chi connectivity index (χ3v) is 7.61. The first-order chi connectivity index (χ1) is 20.7. The third-order valence-electron chi connectivity index (χ3n) is 6.19. The van der Waals surface area contributed by atoms with Crippen LogP contribution in [-0.4, -0.2) is 37.7 Å². The molecule has 3 amide bonds. The molecule has 0 aliphatic carbocycles. The maximum Gasteiger partial charge on any atom is 0.272 e. The van der Waals surface area contributed by atoms with Gasteiger partial charge < -0.3 is 25.4 Å². The van der Waals surface area contributed by atoms with Crippen molar-refractivity contribution < 1.29 is 23.9 Å². The van der Waals surface area contributed by atoms with Crippen molar-refractivity contribution in [2.24, 2.45) is 0 Å². The molecule has 0 saturated carbocycles. The molecule has 0 aromatic heterocycles. The minimum Gasteiger partial charge on any atom is -0.497 e. The van der Waals surface area contributed by atoms with Crippen LogP contribution in [0.3, 0.4) is 0 Å². The number of hydrogen-bond donors (Lipinski definition) is 3. The summed E-state index contributed by atoms with van der Waals surface area (Å²) in [5.74, 6) is 0.210. The standard InChI is InChI=1S/C33H30ClN3O5S/c1-21-17-28(30(42-3)19-27(21)34)36-31(38)20-43-26-15-11-24(12-16-26)35-33(40)29(18-22-9-13-25(41-2)14-10-22)37-32(39)23-7-5-4-6-8-23/h4-19H,20H2,1-3H3,(H,35,40)(H,36,38)(H,37,39)/b29-18-. The van der Waals surface area contributed by atoms with Gasteiger partial charge >= 0.3 is 0 Å². The van der Waals surface area contributed by atoms with Crippen molar-refractivity contribution >= 4 is 58.5 Å². The quantitative estimate of drug-likeness (QED) is 0.126. The van der Waals surface area contributed by atoms with Gasteiger partial charge in [-0.15, -0.1) is 11.8 Å². The van der Waals surface area contributed by atoms with Crippen LogP contribution in [0, 0.1) is 6.92 Å². The maximum absolute atomic E-state index is 13.3. The van der Waals surface area contributed by atoms with E-state index in [1.807, 2.05) is 13.0 Å². The van der Waals surface area contributed by atoms with Gasteiger partial charge in [0.05, 0.1) is 25.7 Å². The van der Waals surface area contributed by atoms with Gasteiger partial charge in [-0.25, -0.2) is 0 Å². The van der Waals surface area contributed by atoms with Crippen LogP contribution in [0.5, 0.6) is 11.5 Å². The largest absolute Gasteiger partial charge is 0.497 e. The lowest BCUT2D eigenvalue weighted by Gasteiger charge is -2.13. The first-order valence-electron chi connectivity index (χ1n) is 13.2. The molecule has 4 aromatic carbocycles. The highest BCUT2D eigenvalue weighted by molar-refractivity contribution is 8.00. The Morgan fingerprint density at radius 1 is 0.860 bits per heavy atom. The summed E-state index contributed by atoms with van der Waals surface area (Å²) in [6, 6.07) is 26.2. The van der Waals surface area contributed by atoms with Crippen molar-refractivity contribution in [2.45, 2.75) is 11.8 Å². The number of nitrogens with one attached hydrogen (secondary N) is 3. The smallest absolute Gasteiger partial charge is 0.272 e. The molecule has 0 spiro atoms. The molecule has 4 aromatic rings. The third kappa shape index (κ3) is 8.88. The second-order valence-electron chi connectivity index (χ2n) is 9.27. The second-order valence-corrected chi connectivity index (χ2v) is 10.7. The van der Waals surface area contributed by atoms with Crippen LogP contribution in [0.1, 0.15) is 21.5 Å². The van der Waals surface area contributed by atoms with Crippen LogP contribution in [0.15, 0.2) is 102 Å². The Bertz CT molecular complexity index is 1630. The molecule has 8 nitrogen and oxygen atoms in total. The predicted molar refractivity (Wildman–Crippen MR) is 172 cm³/mol. The highest BCUT2D eigenvalue weighted by atomic mass is 35.5. The van der Waals surface area contributed by atoms with E-state index >= 15 is 0 Å². The number of methoxy groups -OCH3 is 2. The molecule has 43 heavy (non-hydrogen) atoms. The Balaban J connectivity index is 1.41. The molecule has 0 bridgehead atoms. The number of ether oxygens (including phenoxy) is 2. The summed E-state index contributed by atoms with van der Waals surface area (Å²) in [6.07, 6.45) is 1.59. The molecule has 220 valence electrons. The second kappa shape index (κ2) is 14.9. The van der Waals surface area contributed by atoms with Crippen LogP contribution < -0.4 is 25.4 Å². The fourth-order valence-electron chi connectivity index (χ4n) is 3.91. The first-order valence-corrected chi connectivity index (χ1v) is 14.5. The number of carbonyl (C=O) groups excluding carboxylic acids is 3. The van der Waals surface area contributed by atoms with Gasteiger partial charge in [0.1, 0.15) is 17.2 Å². The molecule has 10 heteroatoms. The zero-order chi connectivity index (χ0) is 30.8. The molecule has 0 radical (unpaired) electrons. The van der Waals surface area contributed by atoms with Gasteiger partial charge in [-0.3, -0.25) is 14.4 Å². The van der Waals surface area contributed by atoms with E-state index in [1.54, 1.807) is 98.1 Å². The molecule has 0 unspecified atom stereocenters. The number of halogens is 1. The predicted octanol–water partition coefficient (Wildman–Crippen LogP) is 6.81. The molecule has 0 aliphatic heterocycles. The highest BCUT2D eigenvalue weighted by Crippen LogP contribution is 2.31. The van der Waals surface area contributed by atoms with Crippen LogP contribution >= 0.6 is 23.4 Å². The Morgan fingerprint density at radius 2 is 1.56 bits per heavy atom. The van der Waals surface area contributed by atoms with Crippen molar-refractivity contribution in [2.75, 3.05) is 30.6 Å². The number of rotatable bonds is 11. The Labute approximate surface area is 259 Å². The lowest BCUT2D eigenvalue weighted by atomic mass is 10.1. The highest BCUT2D eigenvalue weighted by Gasteiger charge is 2.16. The van der Waals surface area contributed by atoms with Gasteiger partial charge in [0.15, 0.2) is 0 Å². The summed E-state index contributed by atoms with van der Waals surface area (Å²) in [7, 11) is 3.09. The monoisotopic (exact) mass is 615 g/mol. The van der Waals surface area contributed by atoms with E-state index < -0.39 is 11.8 Å². The van der Waals surface area contributed by atoms with Crippen molar-refractivity contribution in [3.63, 3.8) is 0 Å². The molecular weight excluding hydrogens is 586 g/mol. The van der Waals surface area contributed by atoms with E-state index in [0.717, 1.165) is 10.5 Å². The summed E-state index contributed by atoms with van der Waals surface area (Å²) < 4.78 is 10.5. The SMILES string of the molecule is COc1ccc(/C=C(\NC(=O)c2ccccc2)C(=O)Nc2ccc(SCC(=O)Nc3cc(C)c(Cl)cc3OC)cc2)cc1. The number of thioether (sulfide) groups is 1. The fraction of sp³-hybridized carbons (Fsp3) is 0.121. The average Bonchev–Trinajstić information content (AvgIpc) is 3.02. The van der Waals surface area contributed by atoms with Crippen molar-refractivity contribution in [3.05, 3.63) is 118 Å². The number of benzene rings is 4. The molecule has 0 saturated heterocycles. The molecule has 0 atom stereocenters. The van der Waals surface area contributed by atoms with Crippen LogP contribution in [-0.2, 0) is 9.59 Å². The van der Waals surface area contributed by atoms with Gasteiger partial charge in [-0.1, -0.05) is 41.9 Å². The van der Waals surface area contributed by atoms with E-state index in [-0.39, 0.29) is 17.4 Å². The van der Waals surface area contributed by atoms with Gasteiger partial charge in [0, 0.05) is 27.2 Å². The van der Waals surface area contributed by atoms with Gasteiger partial charge in [0.25, 0.3) is 11.8 Å². The van der Waals surface area contributed by atoms with Crippen molar-refractivity contribution in [3.8, 4) is 11.5 Å². The summed E-state index contributed by atoms with van der Waals surface area (Å²) in [5.41, 5.74) is 3.09. The Morgan fingerprint density at radius 3 is 2.21 bits per heavy atom. The Hall–Kier alpha value is -4.73. The molecular formula is C33H30ClN3O5S. The minimum absolute atomic E-state index is 0.0713. The number of aryl methyl sites for hydroxylation is 1. The molecule has 0 heterocycles. The minimum atomic E-state index is -0.493. The number of carbonyl (C=O) groups is 3. The lowest BCUT2D eigenvalue weighted by molar-refractivity contribution is -0.114. The van der Waals surface area contributed by atoms with Crippen molar-refractivity contribution in [1.29, 1.82) is 0 Å². The van der Waals surface area contributed by atoms with Gasteiger partial charge in [-0.05, 0) is 78.7 Å². The molecule has 4 rings (SSSR count). The fourth-order valence-corrected chi connectivity index (χ4v) is 4.76. The van der Waals surface area contributed by atoms with E-state index in [1.165, 1.54) is 18.9 Å². The number of hydrogen-bond acceptors (Lipinski definition) is 6. The van der Waals surface area contributed by atoms with Crippen LogP contribution in [0.4, 0.5) is 11.4 Å². The Kier molecular flexibility index (Phi) is 10.9. The lowest BCUT2D eigenvalue weighted by Crippen LogP contribution is -2.30. The van der Waals surface area contributed by atoms with Gasteiger partial charge in [-0.2, -0.15) is 0 Å². The van der Waals surface area contributed by atoms with Gasteiger partial charge in [0.2, 0.25) is 5.91 Å². The van der Waals surface area contributed by atoms with E-state index in [9.17, 15) is 14.4 Å². The first kappa shape index (κ1) is 31.2. The zero-order valence-corrected chi connectivity index (χ0v) is 25.3. The van der Waals surface area contributed by atoms with E-state index in [2.05, 4.69) is 16.0 Å². The summed E-state index contributed by atoms with van der Waals surface area (Å²) >= 11 is 7.49. The normalized spacial score (nSPS) is 10.9. The van der Waals surface area contributed by atoms with E-state index in [0.29, 0.717) is 39.0 Å². The number of amides is 3.